The Morgan fingerprint density at radius 2 is 2.37 bits per heavy atom. The van der Waals surface area contributed by atoms with Crippen molar-refractivity contribution in [2.45, 2.75) is 19.8 Å². The molecule has 2 N–H and O–H groups in total. The Morgan fingerprint density at radius 1 is 1.47 bits per heavy atom. The fourth-order valence-electron chi connectivity index (χ4n) is 2.06. The van der Waals surface area contributed by atoms with Gasteiger partial charge in [0.2, 0.25) is 5.13 Å². The van der Waals surface area contributed by atoms with Crippen LogP contribution in [0.4, 0.5) is 10.8 Å². The van der Waals surface area contributed by atoms with Gasteiger partial charge in [-0.15, -0.1) is 10.2 Å². The van der Waals surface area contributed by atoms with Gasteiger partial charge in [-0.3, -0.25) is 10.1 Å². The number of carbonyl (C=O) groups is 1. The highest BCUT2D eigenvalue weighted by Gasteiger charge is 2.14. The fourth-order valence-corrected chi connectivity index (χ4v) is 2.74. The molecule has 1 amide bonds. The van der Waals surface area contributed by atoms with Crippen LogP contribution in [0.5, 0.6) is 0 Å². The first-order chi connectivity index (χ1) is 9.26. The summed E-state index contributed by atoms with van der Waals surface area (Å²) in [5.41, 5.74) is 2.98. The normalized spacial score (nSPS) is 12.9. The van der Waals surface area contributed by atoms with Crippen molar-refractivity contribution in [3.05, 3.63) is 34.3 Å². The monoisotopic (exact) mass is 274 g/mol. The van der Waals surface area contributed by atoms with Gasteiger partial charge in [-0.05, 0) is 36.6 Å². The van der Waals surface area contributed by atoms with Gasteiger partial charge in [0.25, 0.3) is 5.91 Å². The molecule has 1 aromatic heterocycles. The van der Waals surface area contributed by atoms with Gasteiger partial charge in [-0.1, -0.05) is 18.3 Å². The molecule has 2 aromatic rings. The highest BCUT2D eigenvalue weighted by Crippen LogP contribution is 2.24. The molecule has 19 heavy (non-hydrogen) atoms. The molecular formula is C13H14N4OS. The molecule has 3 rings (SSSR count). The first-order valence-electron chi connectivity index (χ1n) is 6.27. The summed E-state index contributed by atoms with van der Waals surface area (Å²) in [5.74, 6) is -0.131. The Labute approximate surface area is 115 Å². The zero-order chi connectivity index (χ0) is 13.2. The quantitative estimate of drug-likeness (QED) is 0.901. The third kappa shape index (κ3) is 2.44. The molecule has 98 valence electrons. The molecule has 1 aliphatic rings. The summed E-state index contributed by atoms with van der Waals surface area (Å²) >= 11 is 1.41. The Hall–Kier alpha value is -1.95. The third-order valence-electron chi connectivity index (χ3n) is 3.07. The third-order valence-corrected chi connectivity index (χ3v) is 4.05. The second kappa shape index (κ2) is 4.97. The van der Waals surface area contributed by atoms with E-state index in [1.54, 1.807) is 0 Å². The van der Waals surface area contributed by atoms with Gasteiger partial charge >= 0.3 is 0 Å². The number of amides is 1. The van der Waals surface area contributed by atoms with E-state index in [1.807, 2.05) is 25.1 Å². The van der Waals surface area contributed by atoms with Crippen LogP contribution in [0.15, 0.2) is 18.2 Å². The average Bonchev–Trinajstić information content (AvgIpc) is 3.05. The topological polar surface area (TPSA) is 66.9 Å². The number of nitrogens with zero attached hydrogens (tertiary/aromatic N) is 2. The minimum Gasteiger partial charge on any atom is -0.384 e. The molecule has 1 aromatic carbocycles. The molecule has 0 bridgehead atoms. The number of hydrogen-bond acceptors (Lipinski definition) is 5. The number of hydrogen-bond donors (Lipinski definition) is 2. The Bertz CT molecular complexity index is 623. The van der Waals surface area contributed by atoms with Crippen molar-refractivity contribution < 1.29 is 4.79 Å². The van der Waals surface area contributed by atoms with Gasteiger partial charge in [0, 0.05) is 17.8 Å². The SMILES string of the molecule is CCc1nnc(NC(=O)c2ccc3c(c2)CCN3)s1. The second-order valence-electron chi connectivity index (χ2n) is 4.36. The van der Waals surface area contributed by atoms with E-state index in [0.717, 1.165) is 30.1 Å². The molecule has 0 saturated heterocycles. The van der Waals surface area contributed by atoms with Crippen molar-refractivity contribution in [1.29, 1.82) is 0 Å². The van der Waals surface area contributed by atoms with Gasteiger partial charge in [0.05, 0.1) is 0 Å². The van der Waals surface area contributed by atoms with Crippen LogP contribution in [-0.2, 0) is 12.8 Å². The van der Waals surface area contributed by atoms with Crippen LogP contribution >= 0.6 is 11.3 Å². The van der Waals surface area contributed by atoms with Crippen molar-refractivity contribution in [2.75, 3.05) is 17.2 Å². The molecule has 6 heteroatoms. The first kappa shape index (κ1) is 12.1. The van der Waals surface area contributed by atoms with Crippen molar-refractivity contribution in [3.8, 4) is 0 Å². The summed E-state index contributed by atoms with van der Waals surface area (Å²) in [7, 11) is 0. The maximum atomic E-state index is 12.1. The van der Waals surface area contributed by atoms with E-state index in [9.17, 15) is 4.79 Å². The molecule has 0 saturated carbocycles. The van der Waals surface area contributed by atoms with E-state index >= 15 is 0 Å². The number of nitrogens with one attached hydrogen (secondary N) is 2. The number of aryl methyl sites for hydroxylation is 1. The maximum Gasteiger partial charge on any atom is 0.257 e. The summed E-state index contributed by atoms with van der Waals surface area (Å²) in [5, 5.41) is 15.5. The predicted molar refractivity (Wildman–Crippen MR) is 75.9 cm³/mol. The number of carbonyl (C=O) groups excluding carboxylic acids is 1. The maximum absolute atomic E-state index is 12.1. The van der Waals surface area contributed by atoms with Crippen molar-refractivity contribution in [2.24, 2.45) is 0 Å². The Kier molecular flexibility index (Phi) is 3.16. The number of anilines is 2. The summed E-state index contributed by atoms with van der Waals surface area (Å²) in [6.45, 7) is 2.95. The van der Waals surface area contributed by atoms with Crippen LogP contribution in [-0.4, -0.2) is 22.6 Å². The second-order valence-corrected chi connectivity index (χ2v) is 5.42. The standard InChI is InChI=1S/C13H14N4OS/c1-2-11-16-17-13(19-11)15-12(18)9-3-4-10-8(7-9)5-6-14-10/h3-4,7,14H,2,5-6H2,1H3,(H,15,17,18). The smallest absolute Gasteiger partial charge is 0.257 e. The predicted octanol–water partition coefficient (Wildman–Crippen LogP) is 2.32. The van der Waals surface area contributed by atoms with Gasteiger partial charge in [0.1, 0.15) is 5.01 Å². The number of aromatic nitrogens is 2. The van der Waals surface area contributed by atoms with E-state index in [2.05, 4.69) is 20.8 Å². The van der Waals surface area contributed by atoms with Gasteiger partial charge in [-0.25, -0.2) is 0 Å². The molecular weight excluding hydrogens is 260 g/mol. The van der Waals surface area contributed by atoms with Crippen LogP contribution in [0.25, 0.3) is 0 Å². The van der Waals surface area contributed by atoms with Gasteiger partial charge < -0.3 is 5.32 Å². The van der Waals surface area contributed by atoms with Crippen LogP contribution in [0.1, 0.15) is 27.9 Å². The van der Waals surface area contributed by atoms with E-state index in [-0.39, 0.29) is 5.91 Å². The zero-order valence-corrected chi connectivity index (χ0v) is 11.4. The van der Waals surface area contributed by atoms with Crippen molar-refractivity contribution in [1.82, 2.24) is 10.2 Å². The van der Waals surface area contributed by atoms with Crippen LogP contribution in [0, 0.1) is 0 Å². The van der Waals surface area contributed by atoms with Crippen LogP contribution < -0.4 is 10.6 Å². The lowest BCUT2D eigenvalue weighted by Gasteiger charge is -2.04. The largest absolute Gasteiger partial charge is 0.384 e. The molecule has 5 nitrogen and oxygen atoms in total. The molecule has 0 unspecified atom stereocenters. The molecule has 0 aliphatic carbocycles. The lowest BCUT2D eigenvalue weighted by molar-refractivity contribution is 0.102. The summed E-state index contributed by atoms with van der Waals surface area (Å²) in [6, 6.07) is 5.72. The molecule has 0 atom stereocenters. The summed E-state index contributed by atoms with van der Waals surface area (Å²) in [4.78, 5) is 12.1. The lowest BCUT2D eigenvalue weighted by atomic mass is 10.1. The van der Waals surface area contributed by atoms with E-state index in [0.29, 0.717) is 10.7 Å². The number of rotatable bonds is 3. The molecule has 0 fully saturated rings. The van der Waals surface area contributed by atoms with Gasteiger partial charge in [0.15, 0.2) is 0 Å². The van der Waals surface area contributed by atoms with Crippen molar-refractivity contribution in [3.63, 3.8) is 0 Å². The minimum atomic E-state index is -0.131. The number of fused-ring (bicyclic) bond motifs is 1. The summed E-state index contributed by atoms with van der Waals surface area (Å²) < 4.78 is 0. The molecule has 0 radical (unpaired) electrons. The van der Waals surface area contributed by atoms with Crippen molar-refractivity contribution >= 4 is 28.1 Å². The highest BCUT2D eigenvalue weighted by atomic mass is 32.1. The molecule has 0 spiro atoms. The van der Waals surface area contributed by atoms with Crippen LogP contribution in [0.2, 0.25) is 0 Å². The van der Waals surface area contributed by atoms with Crippen LogP contribution in [0.3, 0.4) is 0 Å². The highest BCUT2D eigenvalue weighted by molar-refractivity contribution is 7.15. The Balaban J connectivity index is 1.76. The molecule has 1 aliphatic heterocycles. The number of benzene rings is 1. The van der Waals surface area contributed by atoms with E-state index < -0.39 is 0 Å². The van der Waals surface area contributed by atoms with E-state index in [4.69, 9.17) is 0 Å². The molecule has 2 heterocycles. The Morgan fingerprint density at radius 3 is 3.16 bits per heavy atom. The zero-order valence-electron chi connectivity index (χ0n) is 10.6. The summed E-state index contributed by atoms with van der Waals surface area (Å²) in [6.07, 6.45) is 1.80. The van der Waals surface area contributed by atoms with E-state index in [1.165, 1.54) is 16.9 Å². The first-order valence-corrected chi connectivity index (χ1v) is 7.08. The van der Waals surface area contributed by atoms with Gasteiger partial charge in [-0.2, -0.15) is 0 Å². The average molecular weight is 274 g/mol. The minimum absolute atomic E-state index is 0.131. The fraction of sp³-hybridized carbons (Fsp3) is 0.308. The lowest BCUT2D eigenvalue weighted by Crippen LogP contribution is -2.11.